The second kappa shape index (κ2) is 9.25. The van der Waals surface area contributed by atoms with Crippen LogP contribution >= 0.6 is 0 Å². The zero-order chi connectivity index (χ0) is 22.8. The summed E-state index contributed by atoms with van der Waals surface area (Å²) >= 11 is 0. The van der Waals surface area contributed by atoms with E-state index in [0.29, 0.717) is 37.6 Å². The van der Waals surface area contributed by atoms with Crippen LogP contribution in [-0.4, -0.2) is 48.2 Å². The smallest absolute Gasteiger partial charge is 0.419 e. The van der Waals surface area contributed by atoms with Crippen LogP contribution in [-0.2, 0) is 22.5 Å². The molecule has 0 saturated carbocycles. The predicted molar refractivity (Wildman–Crippen MR) is 125 cm³/mol. The minimum absolute atomic E-state index is 0.107. The minimum Gasteiger partial charge on any atom is -0.464 e. The van der Waals surface area contributed by atoms with Crippen molar-refractivity contribution in [2.45, 2.75) is 19.9 Å². The number of hydrogen-bond donors (Lipinski definition) is 1. The van der Waals surface area contributed by atoms with Crippen molar-refractivity contribution in [2.24, 2.45) is 5.92 Å². The molecule has 0 spiro atoms. The van der Waals surface area contributed by atoms with E-state index in [9.17, 15) is 9.59 Å². The number of benzene rings is 2. The topological polar surface area (TPSA) is 89.9 Å². The molecule has 0 aliphatic carbocycles. The van der Waals surface area contributed by atoms with E-state index in [4.69, 9.17) is 13.6 Å². The highest BCUT2D eigenvalue weighted by atomic mass is 16.5. The Morgan fingerprint density at radius 2 is 2.09 bits per heavy atom. The van der Waals surface area contributed by atoms with Crippen LogP contribution in [0.25, 0.3) is 22.1 Å². The van der Waals surface area contributed by atoms with Gasteiger partial charge in [-0.25, -0.2) is 4.79 Å². The van der Waals surface area contributed by atoms with Crippen LogP contribution in [0.5, 0.6) is 0 Å². The first-order chi connectivity index (χ1) is 16.1. The number of furan rings is 1. The highest BCUT2D eigenvalue weighted by Gasteiger charge is 2.22. The molecule has 1 amide bonds. The molecule has 8 nitrogen and oxygen atoms in total. The number of anilines is 1. The molecule has 172 valence electrons. The van der Waals surface area contributed by atoms with E-state index in [1.54, 1.807) is 29.0 Å². The van der Waals surface area contributed by atoms with Crippen molar-refractivity contribution in [3.8, 4) is 0 Å². The number of amides is 1. The molecule has 0 bridgehead atoms. The summed E-state index contributed by atoms with van der Waals surface area (Å²) in [6.07, 6.45) is 2.58. The number of hydrogen-bond acceptors (Lipinski definition) is 6. The molecule has 1 N–H and O–H groups in total. The Morgan fingerprint density at radius 3 is 2.97 bits per heavy atom. The number of ether oxygens (including phenoxy) is 1. The molecular weight excluding hydrogens is 422 g/mol. The molecule has 2 aromatic carbocycles. The number of nitrogens with zero attached hydrogens (tertiary/aromatic N) is 2. The van der Waals surface area contributed by atoms with Gasteiger partial charge in [0.1, 0.15) is 5.58 Å². The van der Waals surface area contributed by atoms with Gasteiger partial charge in [0.2, 0.25) is 5.91 Å². The molecule has 1 fully saturated rings. The number of aromatic nitrogens is 1. The van der Waals surface area contributed by atoms with Gasteiger partial charge in [0, 0.05) is 36.8 Å². The second-order valence-electron chi connectivity index (χ2n) is 8.47. The average Bonchev–Trinajstić information content (AvgIpc) is 3.33. The van der Waals surface area contributed by atoms with E-state index < -0.39 is 5.76 Å². The first-order valence-electron chi connectivity index (χ1n) is 11.3. The molecule has 5 rings (SSSR count). The van der Waals surface area contributed by atoms with Gasteiger partial charge in [-0.3, -0.25) is 14.3 Å². The van der Waals surface area contributed by atoms with Crippen molar-refractivity contribution in [1.29, 1.82) is 0 Å². The lowest BCUT2D eigenvalue weighted by atomic mass is 9.97. The standard InChI is InChI=1S/C25H27N3O5/c1-2-28-21-7-6-19(13-23(21)33-25(28)30)26-24(29)15-27-9-11-31-16-17(14-27)12-18-4-3-5-22-20(18)8-10-32-22/h3-8,10,13,17H,2,9,11-12,14-16H2,1H3,(H,26,29)/t17-/m0/s1. The third-order valence-corrected chi connectivity index (χ3v) is 6.15. The molecule has 3 heterocycles. The molecule has 1 aliphatic heterocycles. The summed E-state index contributed by atoms with van der Waals surface area (Å²) in [6.45, 7) is 5.43. The number of nitrogens with one attached hydrogen (secondary N) is 1. The van der Waals surface area contributed by atoms with Gasteiger partial charge in [0.05, 0.1) is 31.5 Å². The molecule has 2 aromatic heterocycles. The van der Waals surface area contributed by atoms with Crippen LogP contribution in [0.15, 0.2) is 62.4 Å². The Balaban J connectivity index is 1.23. The van der Waals surface area contributed by atoms with Gasteiger partial charge in [-0.2, -0.15) is 0 Å². The fraction of sp³-hybridized carbons (Fsp3) is 0.360. The fourth-order valence-corrected chi connectivity index (χ4v) is 4.61. The first kappa shape index (κ1) is 21.5. The van der Waals surface area contributed by atoms with Crippen LogP contribution in [0, 0.1) is 5.92 Å². The number of aryl methyl sites for hydroxylation is 1. The number of carbonyl (C=O) groups is 1. The number of oxazole rings is 1. The molecule has 1 aliphatic rings. The van der Waals surface area contributed by atoms with Crippen LogP contribution < -0.4 is 11.1 Å². The van der Waals surface area contributed by atoms with Crippen molar-refractivity contribution >= 4 is 33.7 Å². The average molecular weight is 450 g/mol. The normalized spacial score (nSPS) is 17.4. The lowest BCUT2D eigenvalue weighted by molar-refractivity contribution is -0.117. The maximum atomic E-state index is 12.8. The summed E-state index contributed by atoms with van der Waals surface area (Å²) in [5.41, 5.74) is 3.92. The van der Waals surface area contributed by atoms with Gasteiger partial charge >= 0.3 is 5.76 Å². The van der Waals surface area contributed by atoms with E-state index in [0.717, 1.165) is 29.5 Å². The summed E-state index contributed by atoms with van der Waals surface area (Å²) in [7, 11) is 0. The number of carbonyl (C=O) groups excluding carboxylic acids is 1. The maximum absolute atomic E-state index is 12.8. The van der Waals surface area contributed by atoms with Crippen molar-refractivity contribution in [3.63, 3.8) is 0 Å². The molecule has 8 heteroatoms. The largest absolute Gasteiger partial charge is 0.464 e. The van der Waals surface area contributed by atoms with Gasteiger partial charge < -0.3 is 18.9 Å². The Bertz CT molecular complexity index is 1330. The second-order valence-corrected chi connectivity index (χ2v) is 8.47. The summed E-state index contributed by atoms with van der Waals surface area (Å²) in [4.78, 5) is 26.8. The fourth-order valence-electron chi connectivity index (χ4n) is 4.61. The lowest BCUT2D eigenvalue weighted by Crippen LogP contribution is -2.37. The first-order valence-corrected chi connectivity index (χ1v) is 11.3. The molecule has 0 radical (unpaired) electrons. The van der Waals surface area contributed by atoms with E-state index in [2.05, 4.69) is 16.3 Å². The van der Waals surface area contributed by atoms with E-state index in [-0.39, 0.29) is 18.4 Å². The minimum atomic E-state index is -0.391. The quantitative estimate of drug-likeness (QED) is 0.485. The maximum Gasteiger partial charge on any atom is 0.419 e. The van der Waals surface area contributed by atoms with Crippen LogP contribution in [0.3, 0.4) is 0 Å². The van der Waals surface area contributed by atoms with Crippen LogP contribution in [0.2, 0.25) is 0 Å². The highest BCUT2D eigenvalue weighted by molar-refractivity contribution is 5.94. The van der Waals surface area contributed by atoms with Crippen molar-refractivity contribution < 1.29 is 18.4 Å². The Kier molecular flexibility index (Phi) is 6.02. The summed E-state index contributed by atoms with van der Waals surface area (Å²) in [5, 5.41) is 4.06. The SMILES string of the molecule is CCn1c(=O)oc2cc(NC(=O)CN3CCOC[C@@H](Cc4cccc5occc45)C3)ccc21. The molecule has 33 heavy (non-hydrogen) atoms. The Morgan fingerprint density at radius 1 is 1.18 bits per heavy atom. The summed E-state index contributed by atoms with van der Waals surface area (Å²) in [5.74, 6) is -0.220. The predicted octanol–water partition coefficient (Wildman–Crippen LogP) is 3.49. The monoisotopic (exact) mass is 449 g/mol. The van der Waals surface area contributed by atoms with Crippen molar-refractivity contribution in [1.82, 2.24) is 9.47 Å². The zero-order valence-corrected chi connectivity index (χ0v) is 18.6. The Hall–Kier alpha value is -3.36. The van der Waals surface area contributed by atoms with Gasteiger partial charge in [0.15, 0.2) is 5.58 Å². The van der Waals surface area contributed by atoms with Crippen LogP contribution in [0.1, 0.15) is 12.5 Å². The van der Waals surface area contributed by atoms with E-state index in [1.165, 1.54) is 5.56 Å². The van der Waals surface area contributed by atoms with Gasteiger partial charge in [0.25, 0.3) is 0 Å². The van der Waals surface area contributed by atoms with Crippen LogP contribution in [0.4, 0.5) is 5.69 Å². The zero-order valence-electron chi connectivity index (χ0n) is 18.6. The molecular formula is C25H27N3O5. The molecule has 1 saturated heterocycles. The summed E-state index contributed by atoms with van der Waals surface area (Å²) < 4.78 is 18.2. The van der Waals surface area contributed by atoms with Gasteiger partial charge in [-0.15, -0.1) is 0 Å². The third kappa shape index (κ3) is 4.58. The van der Waals surface area contributed by atoms with E-state index >= 15 is 0 Å². The summed E-state index contributed by atoms with van der Waals surface area (Å²) in [6, 6.07) is 13.4. The lowest BCUT2D eigenvalue weighted by Gasteiger charge is -2.23. The number of rotatable bonds is 6. The Labute approximate surface area is 190 Å². The van der Waals surface area contributed by atoms with Gasteiger partial charge in [-0.1, -0.05) is 12.1 Å². The van der Waals surface area contributed by atoms with Gasteiger partial charge in [-0.05, 0) is 49.1 Å². The van der Waals surface area contributed by atoms with Crippen molar-refractivity contribution in [2.75, 3.05) is 38.2 Å². The third-order valence-electron chi connectivity index (χ3n) is 6.15. The molecule has 4 aromatic rings. The van der Waals surface area contributed by atoms with E-state index in [1.807, 2.05) is 25.1 Å². The molecule has 1 atom stereocenters. The molecule has 0 unspecified atom stereocenters. The number of fused-ring (bicyclic) bond motifs is 2. The van der Waals surface area contributed by atoms with Crippen molar-refractivity contribution in [3.05, 3.63) is 64.8 Å². The highest BCUT2D eigenvalue weighted by Crippen LogP contribution is 2.24.